The lowest BCUT2D eigenvalue weighted by atomic mass is 10.1. The summed E-state index contributed by atoms with van der Waals surface area (Å²) in [5, 5.41) is 14.4. The summed E-state index contributed by atoms with van der Waals surface area (Å²) in [7, 11) is 0. The molecule has 1 amide bonds. The highest BCUT2D eigenvalue weighted by molar-refractivity contribution is 5.95. The average Bonchev–Trinajstić information content (AvgIpc) is 3.47. The normalized spacial score (nSPS) is 13.3. The minimum atomic E-state index is -0.312. The number of carbonyl (C=O) groups excluding carboxylic acids is 1. The van der Waals surface area contributed by atoms with E-state index in [4.69, 9.17) is 0 Å². The third kappa shape index (κ3) is 3.85. The number of carbonyl (C=O) groups is 1. The van der Waals surface area contributed by atoms with Crippen LogP contribution in [0.4, 0.5) is 15.9 Å². The van der Waals surface area contributed by atoms with Crippen LogP contribution in [-0.4, -0.2) is 22.1 Å². The number of hydrogen-bond donors (Lipinski definition) is 2. The van der Waals surface area contributed by atoms with Gasteiger partial charge in [0.15, 0.2) is 5.82 Å². The van der Waals surface area contributed by atoms with Crippen LogP contribution in [0.5, 0.6) is 0 Å². The number of aromatic nitrogens is 2. The number of anilines is 2. The van der Waals surface area contributed by atoms with Gasteiger partial charge in [-0.1, -0.05) is 18.2 Å². The van der Waals surface area contributed by atoms with E-state index in [0.29, 0.717) is 28.7 Å². The molecule has 0 radical (unpaired) electrons. The number of amides is 1. The topological polar surface area (TPSA) is 66.9 Å². The Morgan fingerprint density at radius 3 is 2.58 bits per heavy atom. The maximum atomic E-state index is 13.3. The molecule has 0 aliphatic heterocycles. The van der Waals surface area contributed by atoms with Gasteiger partial charge in [-0.05, 0) is 55.3 Å². The summed E-state index contributed by atoms with van der Waals surface area (Å²) in [5.74, 6) is 0.168. The first-order valence-electron chi connectivity index (χ1n) is 8.45. The molecule has 1 aliphatic rings. The molecule has 0 spiro atoms. The summed E-state index contributed by atoms with van der Waals surface area (Å²) in [4.78, 5) is 12.1. The van der Waals surface area contributed by atoms with Gasteiger partial charge in [0.05, 0.1) is 5.69 Å². The van der Waals surface area contributed by atoms with Crippen molar-refractivity contribution in [1.29, 1.82) is 0 Å². The molecule has 5 nitrogen and oxygen atoms in total. The van der Waals surface area contributed by atoms with Gasteiger partial charge < -0.3 is 10.6 Å². The predicted molar refractivity (Wildman–Crippen MR) is 97.6 cm³/mol. The van der Waals surface area contributed by atoms with Crippen LogP contribution in [-0.2, 0) is 0 Å². The number of benzene rings is 2. The highest BCUT2D eigenvalue weighted by atomic mass is 19.1. The predicted octanol–water partition coefficient (Wildman–Crippen LogP) is 3.92. The summed E-state index contributed by atoms with van der Waals surface area (Å²) in [5.41, 5.74) is 2.61. The third-order valence-corrected chi connectivity index (χ3v) is 4.09. The van der Waals surface area contributed by atoms with Crippen molar-refractivity contribution in [2.24, 2.45) is 0 Å². The van der Waals surface area contributed by atoms with E-state index in [1.54, 1.807) is 36.4 Å². The zero-order valence-corrected chi connectivity index (χ0v) is 13.9. The quantitative estimate of drug-likeness (QED) is 0.733. The lowest BCUT2D eigenvalue weighted by molar-refractivity contribution is 0.0951. The van der Waals surface area contributed by atoms with E-state index in [2.05, 4.69) is 20.8 Å². The molecular formula is C20H17FN4O. The molecule has 130 valence electrons. The number of hydrogen-bond acceptors (Lipinski definition) is 4. The van der Waals surface area contributed by atoms with Crippen molar-refractivity contribution in [3.8, 4) is 11.3 Å². The molecule has 1 heterocycles. The van der Waals surface area contributed by atoms with Crippen molar-refractivity contribution in [3.05, 3.63) is 72.0 Å². The van der Waals surface area contributed by atoms with E-state index in [1.165, 1.54) is 12.1 Å². The third-order valence-electron chi connectivity index (χ3n) is 4.09. The number of rotatable bonds is 5. The van der Waals surface area contributed by atoms with Gasteiger partial charge in [0.25, 0.3) is 5.91 Å². The van der Waals surface area contributed by atoms with E-state index in [9.17, 15) is 9.18 Å². The monoisotopic (exact) mass is 348 g/mol. The number of nitrogens with one attached hydrogen (secondary N) is 2. The Morgan fingerprint density at radius 1 is 1.00 bits per heavy atom. The van der Waals surface area contributed by atoms with Gasteiger partial charge in [-0.25, -0.2) is 4.39 Å². The highest BCUT2D eigenvalue weighted by Gasteiger charge is 2.23. The molecule has 0 atom stereocenters. The lowest BCUT2D eigenvalue weighted by Gasteiger charge is -2.08. The van der Waals surface area contributed by atoms with Crippen LogP contribution in [0.2, 0.25) is 0 Å². The smallest absolute Gasteiger partial charge is 0.251 e. The molecule has 2 N–H and O–H groups in total. The standard InChI is InChI=1S/C20H17FN4O/c21-15-5-1-3-13(11-15)18-9-10-19(25-24-18)22-17-6-2-4-14(12-17)20(26)23-16-7-8-16/h1-6,9-12,16H,7-8H2,(H,22,25)(H,23,26). The molecule has 0 saturated heterocycles. The molecule has 26 heavy (non-hydrogen) atoms. The second-order valence-corrected chi connectivity index (χ2v) is 6.27. The van der Waals surface area contributed by atoms with E-state index in [1.807, 2.05) is 12.1 Å². The Hall–Kier alpha value is -3.28. The largest absolute Gasteiger partial charge is 0.349 e. The average molecular weight is 348 g/mol. The van der Waals surface area contributed by atoms with Crippen LogP contribution in [0.15, 0.2) is 60.7 Å². The van der Waals surface area contributed by atoms with Gasteiger partial charge in [-0.3, -0.25) is 4.79 Å². The van der Waals surface area contributed by atoms with Crippen molar-refractivity contribution in [3.63, 3.8) is 0 Å². The van der Waals surface area contributed by atoms with Gasteiger partial charge in [-0.2, -0.15) is 0 Å². The van der Waals surface area contributed by atoms with Crippen LogP contribution in [0.25, 0.3) is 11.3 Å². The molecule has 1 saturated carbocycles. The van der Waals surface area contributed by atoms with E-state index in [-0.39, 0.29) is 11.7 Å². The van der Waals surface area contributed by atoms with Crippen molar-refractivity contribution in [2.45, 2.75) is 18.9 Å². The molecule has 1 aliphatic carbocycles. The van der Waals surface area contributed by atoms with Gasteiger partial charge in [0, 0.05) is 22.9 Å². The van der Waals surface area contributed by atoms with E-state index in [0.717, 1.165) is 18.5 Å². The van der Waals surface area contributed by atoms with Crippen LogP contribution < -0.4 is 10.6 Å². The summed E-state index contributed by atoms with van der Waals surface area (Å²) >= 11 is 0. The molecule has 1 aromatic heterocycles. The molecule has 4 rings (SSSR count). The zero-order chi connectivity index (χ0) is 17.9. The fourth-order valence-electron chi connectivity index (χ4n) is 2.58. The Bertz CT molecular complexity index is 939. The van der Waals surface area contributed by atoms with Crippen LogP contribution in [0.3, 0.4) is 0 Å². The maximum absolute atomic E-state index is 13.3. The fourth-order valence-corrected chi connectivity index (χ4v) is 2.58. The molecule has 0 bridgehead atoms. The Balaban J connectivity index is 1.48. The van der Waals surface area contributed by atoms with Crippen molar-refractivity contribution >= 4 is 17.4 Å². The first kappa shape index (κ1) is 16.2. The summed E-state index contributed by atoms with van der Waals surface area (Å²) in [6, 6.07) is 17.3. The Labute approximate surface area is 150 Å². The minimum Gasteiger partial charge on any atom is -0.349 e. The SMILES string of the molecule is O=C(NC1CC1)c1cccc(Nc2ccc(-c3cccc(F)c3)nn2)c1. The lowest BCUT2D eigenvalue weighted by Crippen LogP contribution is -2.25. The van der Waals surface area contributed by atoms with Gasteiger partial charge in [0.1, 0.15) is 5.82 Å². The molecule has 2 aromatic carbocycles. The minimum absolute atomic E-state index is 0.0660. The molecule has 0 unspecified atom stereocenters. The first-order valence-corrected chi connectivity index (χ1v) is 8.45. The van der Waals surface area contributed by atoms with Crippen LogP contribution in [0, 0.1) is 5.82 Å². The Kier molecular flexibility index (Phi) is 4.31. The maximum Gasteiger partial charge on any atom is 0.251 e. The molecular weight excluding hydrogens is 331 g/mol. The Morgan fingerprint density at radius 2 is 1.85 bits per heavy atom. The second-order valence-electron chi connectivity index (χ2n) is 6.27. The number of nitrogens with zero attached hydrogens (tertiary/aromatic N) is 2. The van der Waals surface area contributed by atoms with Gasteiger partial charge in [0.2, 0.25) is 0 Å². The second kappa shape index (κ2) is 6.92. The summed E-state index contributed by atoms with van der Waals surface area (Å²) in [6.07, 6.45) is 2.11. The van der Waals surface area contributed by atoms with Crippen LogP contribution >= 0.6 is 0 Å². The van der Waals surface area contributed by atoms with Gasteiger partial charge >= 0.3 is 0 Å². The number of halogens is 1. The zero-order valence-electron chi connectivity index (χ0n) is 13.9. The molecule has 6 heteroatoms. The highest BCUT2D eigenvalue weighted by Crippen LogP contribution is 2.22. The first-order chi connectivity index (χ1) is 12.7. The van der Waals surface area contributed by atoms with E-state index < -0.39 is 0 Å². The van der Waals surface area contributed by atoms with Gasteiger partial charge in [-0.15, -0.1) is 10.2 Å². The van der Waals surface area contributed by atoms with Crippen molar-refractivity contribution in [1.82, 2.24) is 15.5 Å². The fraction of sp³-hybridized carbons (Fsp3) is 0.150. The van der Waals surface area contributed by atoms with Crippen LogP contribution in [0.1, 0.15) is 23.2 Å². The molecule has 3 aromatic rings. The summed E-state index contributed by atoms with van der Waals surface area (Å²) in [6.45, 7) is 0. The molecule has 1 fully saturated rings. The van der Waals surface area contributed by atoms with E-state index >= 15 is 0 Å². The van der Waals surface area contributed by atoms with Crippen molar-refractivity contribution < 1.29 is 9.18 Å². The summed E-state index contributed by atoms with van der Waals surface area (Å²) < 4.78 is 13.3. The van der Waals surface area contributed by atoms with Crippen molar-refractivity contribution in [2.75, 3.05) is 5.32 Å².